The molecule has 3 nitrogen and oxygen atoms in total. The lowest BCUT2D eigenvalue weighted by Gasteiger charge is -2.34. The Bertz CT molecular complexity index is 762. The van der Waals surface area contributed by atoms with Crippen molar-refractivity contribution in [3.05, 3.63) is 58.7 Å². The Labute approximate surface area is 144 Å². The SMILES string of the molecule is Cc1cc2c(cc1C)N(Cc1ccc(C(C)C)cc1)C(=O)C(C)N2. The second-order valence-corrected chi connectivity index (χ2v) is 7.14. The minimum atomic E-state index is -0.199. The fourth-order valence-electron chi connectivity index (χ4n) is 3.14. The smallest absolute Gasteiger partial charge is 0.249 e. The van der Waals surface area contributed by atoms with Crippen molar-refractivity contribution in [3.63, 3.8) is 0 Å². The zero-order valence-electron chi connectivity index (χ0n) is 15.2. The highest BCUT2D eigenvalue weighted by molar-refractivity contribution is 6.04. The highest BCUT2D eigenvalue weighted by atomic mass is 16.2. The molecule has 1 aliphatic heterocycles. The summed E-state index contributed by atoms with van der Waals surface area (Å²) < 4.78 is 0. The molecule has 3 heteroatoms. The molecule has 1 amide bonds. The van der Waals surface area contributed by atoms with Gasteiger partial charge in [-0.15, -0.1) is 0 Å². The van der Waals surface area contributed by atoms with Crippen LogP contribution in [0.2, 0.25) is 0 Å². The maximum atomic E-state index is 12.7. The highest BCUT2D eigenvalue weighted by Crippen LogP contribution is 2.35. The summed E-state index contributed by atoms with van der Waals surface area (Å²) in [5.74, 6) is 0.643. The summed E-state index contributed by atoms with van der Waals surface area (Å²) in [7, 11) is 0. The standard InChI is InChI=1S/C21H26N2O/c1-13(2)18-8-6-17(7-9-18)12-23-20-11-15(4)14(3)10-19(20)22-16(5)21(23)24/h6-11,13,16,22H,12H2,1-5H3. The van der Waals surface area contributed by atoms with E-state index in [9.17, 15) is 4.79 Å². The fourth-order valence-corrected chi connectivity index (χ4v) is 3.14. The van der Waals surface area contributed by atoms with Crippen molar-refractivity contribution >= 4 is 17.3 Å². The van der Waals surface area contributed by atoms with E-state index >= 15 is 0 Å². The largest absolute Gasteiger partial charge is 0.372 e. The molecule has 126 valence electrons. The van der Waals surface area contributed by atoms with Crippen LogP contribution in [0.3, 0.4) is 0 Å². The summed E-state index contributed by atoms with van der Waals surface area (Å²) in [4.78, 5) is 14.6. The normalized spacial score (nSPS) is 17.0. The first-order chi connectivity index (χ1) is 11.4. The van der Waals surface area contributed by atoms with Gasteiger partial charge in [0, 0.05) is 0 Å². The number of benzene rings is 2. The first-order valence-corrected chi connectivity index (χ1v) is 8.65. The number of nitrogens with zero attached hydrogens (tertiary/aromatic N) is 1. The molecule has 1 N–H and O–H groups in total. The Morgan fingerprint density at radius 1 is 1.08 bits per heavy atom. The van der Waals surface area contributed by atoms with Crippen LogP contribution in [-0.4, -0.2) is 11.9 Å². The van der Waals surface area contributed by atoms with Crippen molar-refractivity contribution in [2.45, 2.75) is 53.1 Å². The van der Waals surface area contributed by atoms with E-state index in [0.29, 0.717) is 12.5 Å². The molecule has 0 saturated heterocycles. The van der Waals surface area contributed by atoms with E-state index in [1.807, 2.05) is 11.8 Å². The zero-order chi connectivity index (χ0) is 17.4. The molecule has 1 heterocycles. The summed E-state index contributed by atoms with van der Waals surface area (Å²) in [5, 5.41) is 3.33. The van der Waals surface area contributed by atoms with Gasteiger partial charge in [0.2, 0.25) is 5.91 Å². The number of amides is 1. The van der Waals surface area contributed by atoms with Crippen LogP contribution in [0.25, 0.3) is 0 Å². The first-order valence-electron chi connectivity index (χ1n) is 8.65. The number of carbonyl (C=O) groups excluding carboxylic acids is 1. The lowest BCUT2D eigenvalue weighted by atomic mass is 10.0. The Morgan fingerprint density at radius 3 is 2.33 bits per heavy atom. The third-order valence-corrected chi connectivity index (χ3v) is 4.90. The molecule has 3 rings (SSSR count). The highest BCUT2D eigenvalue weighted by Gasteiger charge is 2.30. The van der Waals surface area contributed by atoms with E-state index < -0.39 is 0 Å². The summed E-state index contributed by atoms with van der Waals surface area (Å²) in [5.41, 5.74) is 6.96. The van der Waals surface area contributed by atoms with Gasteiger partial charge in [0.1, 0.15) is 6.04 Å². The number of carbonyl (C=O) groups is 1. The van der Waals surface area contributed by atoms with Crippen LogP contribution in [0.4, 0.5) is 11.4 Å². The van der Waals surface area contributed by atoms with Gasteiger partial charge in [-0.25, -0.2) is 0 Å². The Hall–Kier alpha value is -2.29. The third-order valence-electron chi connectivity index (χ3n) is 4.90. The van der Waals surface area contributed by atoms with Crippen molar-refractivity contribution in [3.8, 4) is 0 Å². The van der Waals surface area contributed by atoms with Crippen molar-refractivity contribution in [2.75, 3.05) is 10.2 Å². The monoisotopic (exact) mass is 322 g/mol. The van der Waals surface area contributed by atoms with Gasteiger partial charge in [0.15, 0.2) is 0 Å². The minimum absolute atomic E-state index is 0.124. The number of rotatable bonds is 3. The van der Waals surface area contributed by atoms with E-state index in [1.54, 1.807) is 0 Å². The number of aryl methyl sites for hydroxylation is 2. The Kier molecular flexibility index (Phi) is 4.35. The number of nitrogens with one attached hydrogen (secondary N) is 1. The van der Waals surface area contributed by atoms with Crippen LogP contribution < -0.4 is 10.2 Å². The van der Waals surface area contributed by atoms with Crippen LogP contribution in [0, 0.1) is 13.8 Å². The average molecular weight is 322 g/mol. The molecule has 2 aromatic carbocycles. The van der Waals surface area contributed by atoms with Crippen molar-refractivity contribution in [1.82, 2.24) is 0 Å². The molecule has 1 atom stereocenters. The second-order valence-electron chi connectivity index (χ2n) is 7.14. The van der Waals surface area contributed by atoms with Gasteiger partial charge in [0.25, 0.3) is 0 Å². The molecule has 1 aliphatic rings. The molecule has 0 aliphatic carbocycles. The second kappa shape index (κ2) is 6.31. The fraction of sp³-hybridized carbons (Fsp3) is 0.381. The molecule has 0 fully saturated rings. The molecule has 0 saturated carbocycles. The first kappa shape index (κ1) is 16.6. The Morgan fingerprint density at radius 2 is 1.71 bits per heavy atom. The quantitative estimate of drug-likeness (QED) is 0.882. The maximum absolute atomic E-state index is 12.7. The van der Waals surface area contributed by atoms with Crippen LogP contribution in [0.15, 0.2) is 36.4 Å². The topological polar surface area (TPSA) is 32.3 Å². The molecule has 2 aromatic rings. The number of anilines is 2. The van der Waals surface area contributed by atoms with Crippen molar-refractivity contribution in [2.24, 2.45) is 0 Å². The predicted molar refractivity (Wildman–Crippen MR) is 101 cm³/mol. The lowest BCUT2D eigenvalue weighted by molar-refractivity contribution is -0.119. The van der Waals surface area contributed by atoms with Crippen LogP contribution in [0.1, 0.15) is 48.9 Å². The van der Waals surface area contributed by atoms with E-state index in [-0.39, 0.29) is 11.9 Å². The molecular formula is C21H26N2O. The van der Waals surface area contributed by atoms with E-state index in [2.05, 4.69) is 69.4 Å². The van der Waals surface area contributed by atoms with Gasteiger partial charge < -0.3 is 10.2 Å². The van der Waals surface area contributed by atoms with Gasteiger partial charge >= 0.3 is 0 Å². The molecule has 0 radical (unpaired) electrons. The summed E-state index contributed by atoms with van der Waals surface area (Å²) in [6.07, 6.45) is 0. The maximum Gasteiger partial charge on any atom is 0.249 e. The number of hydrogen-bond donors (Lipinski definition) is 1. The van der Waals surface area contributed by atoms with E-state index in [1.165, 1.54) is 16.7 Å². The molecule has 0 bridgehead atoms. The minimum Gasteiger partial charge on any atom is -0.372 e. The summed E-state index contributed by atoms with van der Waals surface area (Å²) >= 11 is 0. The lowest BCUT2D eigenvalue weighted by Crippen LogP contribution is -2.45. The molecular weight excluding hydrogens is 296 g/mol. The van der Waals surface area contributed by atoms with Gasteiger partial charge in [-0.05, 0) is 61.1 Å². The van der Waals surface area contributed by atoms with Crippen LogP contribution >= 0.6 is 0 Å². The zero-order valence-corrected chi connectivity index (χ0v) is 15.2. The van der Waals surface area contributed by atoms with Crippen molar-refractivity contribution in [1.29, 1.82) is 0 Å². The summed E-state index contributed by atoms with van der Waals surface area (Å²) in [6, 6.07) is 12.7. The number of fused-ring (bicyclic) bond motifs is 1. The molecule has 1 unspecified atom stereocenters. The van der Waals surface area contributed by atoms with Gasteiger partial charge in [-0.2, -0.15) is 0 Å². The number of hydrogen-bond acceptors (Lipinski definition) is 2. The molecule has 0 spiro atoms. The average Bonchev–Trinajstić information content (AvgIpc) is 2.54. The van der Waals surface area contributed by atoms with E-state index in [0.717, 1.165) is 16.9 Å². The summed E-state index contributed by atoms with van der Waals surface area (Å²) in [6.45, 7) is 11.1. The third kappa shape index (κ3) is 3.03. The predicted octanol–water partition coefficient (Wildman–Crippen LogP) is 4.77. The van der Waals surface area contributed by atoms with Crippen LogP contribution in [0.5, 0.6) is 0 Å². The van der Waals surface area contributed by atoms with Crippen molar-refractivity contribution < 1.29 is 4.79 Å². The van der Waals surface area contributed by atoms with Gasteiger partial charge in [-0.3, -0.25) is 4.79 Å². The Balaban J connectivity index is 1.95. The molecule has 0 aromatic heterocycles. The van der Waals surface area contributed by atoms with E-state index in [4.69, 9.17) is 0 Å². The van der Waals surface area contributed by atoms with Gasteiger partial charge in [0.05, 0.1) is 17.9 Å². The van der Waals surface area contributed by atoms with Crippen LogP contribution in [-0.2, 0) is 11.3 Å². The van der Waals surface area contributed by atoms with Gasteiger partial charge in [-0.1, -0.05) is 38.1 Å². The molecule has 24 heavy (non-hydrogen) atoms.